The average Bonchev–Trinajstić information content (AvgIpc) is 2.41. The molecule has 0 atom stereocenters. The van der Waals surface area contributed by atoms with Crippen LogP contribution in [0, 0.1) is 0 Å². The van der Waals surface area contributed by atoms with Gasteiger partial charge in [0.1, 0.15) is 5.75 Å². The molecule has 0 spiro atoms. The monoisotopic (exact) mass is 315 g/mol. The molecular weight excluding hydrogens is 309 g/mol. The average molecular weight is 317 g/mol. The van der Waals surface area contributed by atoms with Gasteiger partial charge in [-0.15, -0.1) is 0 Å². The lowest BCUT2D eigenvalue weighted by molar-refractivity contribution is 0.112. The first-order chi connectivity index (χ1) is 9.08. The highest BCUT2D eigenvalue weighted by Gasteiger charge is 2.15. The maximum Gasteiger partial charge on any atom is 0.154 e. The SMILES string of the molecule is COc1cncc(-c2cc(Cl)c(Cl)cc2Cl)c1C=O. The number of pyridine rings is 1. The van der Waals surface area contributed by atoms with Gasteiger partial charge in [0.15, 0.2) is 6.29 Å². The van der Waals surface area contributed by atoms with Crippen molar-refractivity contribution in [1.29, 1.82) is 0 Å². The van der Waals surface area contributed by atoms with E-state index >= 15 is 0 Å². The van der Waals surface area contributed by atoms with Gasteiger partial charge in [-0.1, -0.05) is 34.8 Å². The maximum absolute atomic E-state index is 11.2. The Morgan fingerprint density at radius 3 is 2.37 bits per heavy atom. The highest BCUT2D eigenvalue weighted by atomic mass is 35.5. The molecule has 1 aromatic heterocycles. The van der Waals surface area contributed by atoms with Crippen molar-refractivity contribution < 1.29 is 9.53 Å². The maximum atomic E-state index is 11.2. The largest absolute Gasteiger partial charge is 0.494 e. The molecule has 2 aromatic rings. The van der Waals surface area contributed by atoms with Crippen molar-refractivity contribution >= 4 is 41.1 Å². The number of halogens is 3. The highest BCUT2D eigenvalue weighted by molar-refractivity contribution is 6.44. The van der Waals surface area contributed by atoms with Gasteiger partial charge in [-0.3, -0.25) is 9.78 Å². The summed E-state index contributed by atoms with van der Waals surface area (Å²) in [5, 5.41) is 1.08. The summed E-state index contributed by atoms with van der Waals surface area (Å²) >= 11 is 18.0. The second-order valence-electron chi connectivity index (χ2n) is 3.67. The molecule has 0 aliphatic carbocycles. The molecule has 98 valence electrons. The molecule has 1 aromatic carbocycles. The van der Waals surface area contributed by atoms with E-state index in [0.29, 0.717) is 43.8 Å². The van der Waals surface area contributed by atoms with E-state index in [4.69, 9.17) is 39.5 Å². The predicted molar refractivity (Wildman–Crippen MR) is 76.6 cm³/mol. The zero-order chi connectivity index (χ0) is 14.0. The predicted octanol–water partition coefficient (Wildman–Crippen LogP) is 4.53. The van der Waals surface area contributed by atoms with Crippen LogP contribution in [0.4, 0.5) is 0 Å². The number of carbonyl (C=O) groups is 1. The number of methoxy groups -OCH3 is 1. The first kappa shape index (κ1) is 14.1. The lowest BCUT2D eigenvalue weighted by Crippen LogP contribution is -1.96. The highest BCUT2D eigenvalue weighted by Crippen LogP contribution is 2.37. The lowest BCUT2D eigenvalue weighted by atomic mass is 10.0. The van der Waals surface area contributed by atoms with Crippen LogP contribution in [0.15, 0.2) is 24.5 Å². The Labute approximate surface area is 125 Å². The third kappa shape index (κ3) is 2.68. The summed E-state index contributed by atoms with van der Waals surface area (Å²) in [6.07, 6.45) is 3.67. The molecule has 19 heavy (non-hydrogen) atoms. The summed E-state index contributed by atoms with van der Waals surface area (Å²) in [7, 11) is 1.46. The molecule has 0 saturated heterocycles. The van der Waals surface area contributed by atoms with Crippen LogP contribution in [0.1, 0.15) is 10.4 Å². The van der Waals surface area contributed by atoms with Crippen molar-refractivity contribution in [3.63, 3.8) is 0 Å². The molecular formula is C13H8Cl3NO2. The Morgan fingerprint density at radius 2 is 1.74 bits per heavy atom. The number of rotatable bonds is 3. The molecule has 0 aliphatic rings. The third-order valence-electron chi connectivity index (χ3n) is 2.59. The summed E-state index contributed by atoms with van der Waals surface area (Å²) in [5.41, 5.74) is 1.47. The molecule has 0 bridgehead atoms. The Bertz CT molecular complexity index is 644. The number of carbonyl (C=O) groups excluding carboxylic acids is 1. The lowest BCUT2D eigenvalue weighted by Gasteiger charge is -2.11. The summed E-state index contributed by atoms with van der Waals surface area (Å²) in [5.74, 6) is 0.370. The van der Waals surface area contributed by atoms with Crippen molar-refractivity contribution in [2.24, 2.45) is 0 Å². The fraction of sp³-hybridized carbons (Fsp3) is 0.0769. The number of ether oxygens (including phenoxy) is 1. The molecule has 6 heteroatoms. The fourth-order valence-electron chi connectivity index (χ4n) is 1.68. The van der Waals surface area contributed by atoms with Crippen molar-refractivity contribution in [2.75, 3.05) is 7.11 Å². The van der Waals surface area contributed by atoms with Crippen LogP contribution in [0.25, 0.3) is 11.1 Å². The first-order valence-electron chi connectivity index (χ1n) is 5.20. The van der Waals surface area contributed by atoms with Crippen molar-refractivity contribution in [3.8, 4) is 16.9 Å². The van der Waals surface area contributed by atoms with E-state index in [1.54, 1.807) is 6.07 Å². The van der Waals surface area contributed by atoms with Crippen LogP contribution < -0.4 is 4.74 Å². The third-order valence-corrected chi connectivity index (χ3v) is 3.62. The number of hydrogen-bond donors (Lipinski definition) is 0. The van der Waals surface area contributed by atoms with Crippen LogP contribution in [-0.2, 0) is 0 Å². The standard InChI is InChI=1S/C13H8Cl3NO2/c1-19-13-5-17-4-8(9(13)6-18)7-2-11(15)12(16)3-10(7)14/h2-6H,1H3. The van der Waals surface area contributed by atoms with E-state index < -0.39 is 0 Å². The van der Waals surface area contributed by atoms with Crippen molar-refractivity contribution in [3.05, 3.63) is 45.2 Å². The quantitative estimate of drug-likeness (QED) is 0.617. The minimum absolute atomic E-state index is 0.346. The van der Waals surface area contributed by atoms with E-state index in [9.17, 15) is 4.79 Å². The zero-order valence-corrected chi connectivity index (χ0v) is 12.1. The van der Waals surface area contributed by atoms with Crippen LogP contribution >= 0.6 is 34.8 Å². The van der Waals surface area contributed by atoms with Crippen LogP contribution in [0.2, 0.25) is 15.1 Å². The normalized spacial score (nSPS) is 10.3. The van der Waals surface area contributed by atoms with E-state index in [1.165, 1.54) is 25.6 Å². The molecule has 0 radical (unpaired) electrons. The molecule has 0 N–H and O–H groups in total. The first-order valence-corrected chi connectivity index (χ1v) is 6.34. The second-order valence-corrected chi connectivity index (χ2v) is 4.89. The fourth-order valence-corrected chi connectivity index (χ4v) is 2.33. The summed E-state index contributed by atoms with van der Waals surface area (Å²) in [6, 6.07) is 3.12. The Hall–Kier alpha value is -1.29. The van der Waals surface area contributed by atoms with Gasteiger partial charge in [-0.2, -0.15) is 0 Å². The molecule has 0 fully saturated rings. The number of aldehydes is 1. The molecule has 2 rings (SSSR count). The second kappa shape index (κ2) is 5.78. The van der Waals surface area contributed by atoms with E-state index in [-0.39, 0.29) is 0 Å². The number of aromatic nitrogens is 1. The number of hydrogen-bond acceptors (Lipinski definition) is 3. The number of nitrogens with zero attached hydrogens (tertiary/aromatic N) is 1. The van der Waals surface area contributed by atoms with Crippen LogP contribution in [-0.4, -0.2) is 18.4 Å². The molecule has 3 nitrogen and oxygen atoms in total. The van der Waals surface area contributed by atoms with Gasteiger partial charge in [-0.05, 0) is 12.1 Å². The molecule has 0 saturated carbocycles. The van der Waals surface area contributed by atoms with Gasteiger partial charge in [-0.25, -0.2) is 0 Å². The summed E-state index contributed by atoms with van der Waals surface area (Å²) < 4.78 is 5.10. The Kier molecular flexibility index (Phi) is 4.30. The van der Waals surface area contributed by atoms with Crippen molar-refractivity contribution in [2.45, 2.75) is 0 Å². The number of benzene rings is 1. The molecule has 1 heterocycles. The van der Waals surface area contributed by atoms with Gasteiger partial charge in [0.2, 0.25) is 0 Å². The summed E-state index contributed by atoms with van der Waals surface area (Å²) in [4.78, 5) is 15.2. The Morgan fingerprint density at radius 1 is 1.05 bits per heavy atom. The molecule has 0 amide bonds. The van der Waals surface area contributed by atoms with Gasteiger partial charge >= 0.3 is 0 Å². The smallest absolute Gasteiger partial charge is 0.154 e. The zero-order valence-electron chi connectivity index (χ0n) is 9.78. The van der Waals surface area contributed by atoms with Gasteiger partial charge in [0.05, 0.1) is 33.9 Å². The minimum Gasteiger partial charge on any atom is -0.494 e. The molecule has 0 aliphatic heterocycles. The summed E-state index contributed by atoms with van der Waals surface area (Å²) in [6.45, 7) is 0. The van der Waals surface area contributed by atoms with Gasteiger partial charge < -0.3 is 4.74 Å². The minimum atomic E-state index is 0.346. The van der Waals surface area contributed by atoms with Gasteiger partial charge in [0, 0.05) is 17.3 Å². The van der Waals surface area contributed by atoms with E-state index in [0.717, 1.165) is 0 Å². The van der Waals surface area contributed by atoms with Crippen molar-refractivity contribution in [1.82, 2.24) is 4.98 Å². The van der Waals surface area contributed by atoms with Gasteiger partial charge in [0.25, 0.3) is 0 Å². The van der Waals surface area contributed by atoms with E-state index in [1.807, 2.05) is 0 Å². The topological polar surface area (TPSA) is 39.2 Å². The van der Waals surface area contributed by atoms with Crippen LogP contribution in [0.3, 0.4) is 0 Å². The van der Waals surface area contributed by atoms with E-state index in [2.05, 4.69) is 4.98 Å². The van der Waals surface area contributed by atoms with Crippen LogP contribution in [0.5, 0.6) is 5.75 Å². The molecule has 0 unspecified atom stereocenters. The Balaban J connectivity index is 2.72.